The zero-order chi connectivity index (χ0) is 32.1. The lowest BCUT2D eigenvalue weighted by Crippen LogP contribution is -2.44. The van der Waals surface area contributed by atoms with Gasteiger partial charge in [-0.05, 0) is 60.8 Å². The third kappa shape index (κ3) is 9.47. The second kappa shape index (κ2) is 15.6. The Labute approximate surface area is 263 Å². The van der Waals surface area contributed by atoms with E-state index in [4.69, 9.17) is 4.74 Å². The van der Waals surface area contributed by atoms with Gasteiger partial charge in [0.1, 0.15) is 0 Å². The summed E-state index contributed by atoms with van der Waals surface area (Å²) in [6, 6.07) is 37.0. The normalized spacial score (nSPS) is 11.5. The topological polar surface area (TPSA) is 118 Å². The number of hydrogen-bond acceptors (Lipinski definition) is 5. The van der Waals surface area contributed by atoms with Crippen LogP contribution >= 0.6 is 0 Å². The van der Waals surface area contributed by atoms with E-state index in [0.29, 0.717) is 0 Å². The Morgan fingerprint density at radius 2 is 0.689 bits per heavy atom. The van der Waals surface area contributed by atoms with Crippen LogP contribution in [0.5, 0.6) is 0 Å². The van der Waals surface area contributed by atoms with Crippen LogP contribution in [0.4, 0.5) is 0 Å². The van der Waals surface area contributed by atoms with Gasteiger partial charge in [0.25, 0.3) is 0 Å². The van der Waals surface area contributed by atoms with Crippen LogP contribution in [-0.4, -0.2) is 34.1 Å². The Morgan fingerprint density at radius 1 is 0.444 bits per heavy atom. The molecule has 0 unspecified atom stereocenters. The Morgan fingerprint density at radius 3 is 0.911 bits per heavy atom. The second-order valence-corrected chi connectivity index (χ2v) is 11.7. The molecular weight excluding hydrogens is 568 g/mol. The third-order valence-corrected chi connectivity index (χ3v) is 8.23. The summed E-state index contributed by atoms with van der Waals surface area (Å²) >= 11 is 0. The molecule has 0 spiro atoms. The van der Waals surface area contributed by atoms with Crippen molar-refractivity contribution in [2.24, 2.45) is 10.8 Å². The molecule has 0 bridgehead atoms. The zero-order valence-electron chi connectivity index (χ0n) is 25.1. The van der Waals surface area contributed by atoms with Crippen LogP contribution in [0.25, 0.3) is 0 Å². The number of carbonyl (C=O) groups excluding carboxylic acids is 2. The van der Waals surface area contributed by atoms with Crippen LogP contribution in [0.2, 0.25) is 0 Å². The van der Waals surface area contributed by atoms with Crippen molar-refractivity contribution in [3.05, 3.63) is 144 Å². The quantitative estimate of drug-likeness (QED) is 0.107. The fraction of sp³-hybridized carbons (Fsp3) is 0.263. The lowest BCUT2D eigenvalue weighted by Gasteiger charge is -2.35. The van der Waals surface area contributed by atoms with Crippen LogP contribution in [0, 0.1) is 10.8 Å². The molecule has 7 heteroatoms. The van der Waals surface area contributed by atoms with Gasteiger partial charge in [0, 0.05) is 12.8 Å². The molecule has 7 nitrogen and oxygen atoms in total. The smallest absolute Gasteiger partial charge is 0.320 e. The molecule has 0 aromatic heterocycles. The second-order valence-electron chi connectivity index (χ2n) is 11.7. The summed E-state index contributed by atoms with van der Waals surface area (Å²) in [5.74, 6) is -3.77. The summed E-state index contributed by atoms with van der Waals surface area (Å²) in [6.45, 7) is 0. The molecule has 0 aliphatic rings. The van der Waals surface area contributed by atoms with Gasteiger partial charge in [-0.25, -0.2) is 0 Å². The maximum Gasteiger partial charge on any atom is 0.320 e. The van der Waals surface area contributed by atoms with Crippen molar-refractivity contribution in [1.29, 1.82) is 0 Å². The number of esters is 2. The number of carboxylic acids is 2. The van der Waals surface area contributed by atoms with Gasteiger partial charge in [0.15, 0.2) is 0 Å². The largest absolute Gasteiger partial charge is 0.481 e. The molecule has 0 saturated heterocycles. The molecule has 4 aromatic carbocycles. The van der Waals surface area contributed by atoms with E-state index >= 15 is 0 Å². The van der Waals surface area contributed by atoms with E-state index in [2.05, 4.69) is 0 Å². The molecule has 4 rings (SSSR count). The first-order chi connectivity index (χ1) is 21.7. The molecule has 2 N–H and O–H groups in total. The van der Waals surface area contributed by atoms with E-state index in [9.17, 15) is 29.4 Å². The minimum atomic E-state index is -1.38. The fourth-order valence-electron chi connectivity index (χ4n) is 5.91. The predicted octanol–water partition coefficient (Wildman–Crippen LogP) is 6.73. The van der Waals surface area contributed by atoms with Gasteiger partial charge in [-0.1, -0.05) is 121 Å². The van der Waals surface area contributed by atoms with Crippen molar-refractivity contribution in [1.82, 2.24) is 0 Å². The standard InChI is InChI=1S/C38H38O7/c39-33(40)21-23-37(25-29-13-5-1-6-14-29,26-30-15-7-2-8-16-30)35(43)45-36(44)38(24-22-34(41)42,27-31-17-9-3-10-18-31)28-32-19-11-4-12-20-32/h1-20H,21-28H2,(H,39,40)(H,41,42). The van der Waals surface area contributed by atoms with Gasteiger partial charge in [-0.3, -0.25) is 19.2 Å². The third-order valence-electron chi connectivity index (χ3n) is 8.23. The highest BCUT2D eigenvalue weighted by atomic mass is 16.6. The summed E-state index contributed by atoms with van der Waals surface area (Å²) < 4.78 is 5.87. The molecule has 0 aliphatic carbocycles. The van der Waals surface area contributed by atoms with Crippen LogP contribution in [0.1, 0.15) is 47.9 Å². The molecule has 0 radical (unpaired) electrons. The Kier molecular flexibility index (Phi) is 11.4. The first kappa shape index (κ1) is 32.9. The maximum absolute atomic E-state index is 14.4. The van der Waals surface area contributed by atoms with Crippen molar-refractivity contribution in [3.8, 4) is 0 Å². The number of rotatable bonds is 16. The number of benzene rings is 4. The Hall–Kier alpha value is -5.04. The lowest BCUT2D eigenvalue weighted by molar-refractivity contribution is -0.175. The van der Waals surface area contributed by atoms with Crippen molar-refractivity contribution in [2.45, 2.75) is 51.4 Å². The average Bonchev–Trinajstić information content (AvgIpc) is 3.04. The number of carbonyl (C=O) groups is 4. The summed E-state index contributed by atoms with van der Waals surface area (Å²) in [7, 11) is 0. The molecule has 0 saturated carbocycles. The SMILES string of the molecule is O=C(O)CCC(Cc1ccccc1)(Cc1ccccc1)C(=O)OC(=O)C(CCC(=O)O)(Cc1ccccc1)Cc1ccccc1. The van der Waals surface area contributed by atoms with E-state index in [0.717, 1.165) is 22.3 Å². The van der Waals surface area contributed by atoms with Gasteiger partial charge >= 0.3 is 23.9 Å². The summed E-state index contributed by atoms with van der Waals surface area (Å²) in [4.78, 5) is 52.5. The van der Waals surface area contributed by atoms with Crippen molar-refractivity contribution in [3.63, 3.8) is 0 Å². The molecule has 0 fully saturated rings. The van der Waals surface area contributed by atoms with Crippen LogP contribution in [-0.2, 0) is 49.6 Å². The first-order valence-corrected chi connectivity index (χ1v) is 15.1. The molecule has 0 aliphatic heterocycles. The number of carboxylic acid groups (broad SMARTS) is 2. The molecule has 0 atom stereocenters. The monoisotopic (exact) mass is 606 g/mol. The molecule has 232 valence electrons. The van der Waals surface area contributed by atoms with Crippen LogP contribution in [0.15, 0.2) is 121 Å². The van der Waals surface area contributed by atoms with Crippen LogP contribution in [0.3, 0.4) is 0 Å². The number of aliphatic carboxylic acids is 2. The van der Waals surface area contributed by atoms with E-state index in [1.54, 1.807) is 0 Å². The van der Waals surface area contributed by atoms with E-state index in [1.807, 2.05) is 121 Å². The Balaban J connectivity index is 1.78. The minimum absolute atomic E-state index is 0.0578. The fourth-order valence-corrected chi connectivity index (χ4v) is 5.91. The highest BCUT2D eigenvalue weighted by Crippen LogP contribution is 2.39. The van der Waals surface area contributed by atoms with Crippen molar-refractivity contribution in [2.75, 3.05) is 0 Å². The summed E-state index contributed by atoms with van der Waals surface area (Å²) in [5, 5.41) is 19.4. The summed E-state index contributed by atoms with van der Waals surface area (Å²) in [6.07, 6.45) is -0.107. The van der Waals surface area contributed by atoms with Gasteiger partial charge < -0.3 is 14.9 Å². The van der Waals surface area contributed by atoms with E-state index in [1.165, 1.54) is 0 Å². The molecule has 45 heavy (non-hydrogen) atoms. The van der Waals surface area contributed by atoms with Gasteiger partial charge in [0.05, 0.1) is 10.8 Å². The van der Waals surface area contributed by atoms with Crippen LogP contribution < -0.4 is 0 Å². The molecular formula is C38H38O7. The Bertz CT molecular complexity index is 1350. The van der Waals surface area contributed by atoms with Crippen molar-refractivity contribution >= 4 is 23.9 Å². The average molecular weight is 607 g/mol. The highest BCUT2D eigenvalue weighted by Gasteiger charge is 2.47. The predicted molar refractivity (Wildman–Crippen MR) is 170 cm³/mol. The molecule has 0 heterocycles. The number of hydrogen-bond donors (Lipinski definition) is 2. The highest BCUT2D eigenvalue weighted by molar-refractivity contribution is 5.92. The summed E-state index contributed by atoms with van der Waals surface area (Å²) in [5.41, 5.74) is 0.439. The molecule has 4 aromatic rings. The first-order valence-electron chi connectivity index (χ1n) is 15.1. The van der Waals surface area contributed by atoms with Crippen molar-refractivity contribution < 1.29 is 34.1 Å². The minimum Gasteiger partial charge on any atom is -0.481 e. The van der Waals surface area contributed by atoms with Gasteiger partial charge in [0.2, 0.25) is 0 Å². The number of ether oxygens (including phenoxy) is 1. The van der Waals surface area contributed by atoms with Gasteiger partial charge in [-0.2, -0.15) is 0 Å². The lowest BCUT2D eigenvalue weighted by atomic mass is 9.72. The van der Waals surface area contributed by atoms with Gasteiger partial charge in [-0.15, -0.1) is 0 Å². The van der Waals surface area contributed by atoms with E-state index in [-0.39, 0.29) is 51.4 Å². The van der Waals surface area contributed by atoms with E-state index < -0.39 is 34.7 Å². The molecule has 0 amide bonds. The maximum atomic E-state index is 14.4. The zero-order valence-corrected chi connectivity index (χ0v) is 25.1.